The molecule has 2 N–H and O–H groups in total. The SMILES string of the molecule is Cc1nn(-c2cc(Nc3n[nH]c(-c4ccccc4)c3C)ncn2)c(C)c1Cl. The summed E-state index contributed by atoms with van der Waals surface area (Å²) in [5.74, 6) is 1.97. The molecule has 0 aliphatic carbocycles. The largest absolute Gasteiger partial charge is 0.323 e. The second kappa shape index (κ2) is 6.85. The summed E-state index contributed by atoms with van der Waals surface area (Å²) >= 11 is 6.24. The molecular formula is C19H18ClN7. The molecule has 0 saturated heterocycles. The number of aryl methyl sites for hydroxylation is 1. The van der Waals surface area contributed by atoms with Crippen molar-refractivity contribution in [3.8, 4) is 17.1 Å². The number of nitrogens with one attached hydrogen (secondary N) is 2. The van der Waals surface area contributed by atoms with Gasteiger partial charge in [-0.2, -0.15) is 10.2 Å². The molecule has 0 saturated carbocycles. The van der Waals surface area contributed by atoms with Crippen molar-refractivity contribution in [2.45, 2.75) is 20.8 Å². The lowest BCUT2D eigenvalue weighted by Gasteiger charge is -2.07. The van der Waals surface area contributed by atoms with Crippen molar-refractivity contribution in [2.24, 2.45) is 0 Å². The summed E-state index contributed by atoms with van der Waals surface area (Å²) in [6, 6.07) is 11.9. The number of halogens is 1. The number of hydrogen-bond donors (Lipinski definition) is 2. The lowest BCUT2D eigenvalue weighted by Crippen LogP contribution is -2.04. The minimum absolute atomic E-state index is 0.623. The Morgan fingerprint density at radius 1 is 1.07 bits per heavy atom. The Labute approximate surface area is 161 Å². The average molecular weight is 380 g/mol. The summed E-state index contributed by atoms with van der Waals surface area (Å²) in [5, 5.41) is 15.8. The van der Waals surface area contributed by atoms with Crippen LogP contribution in [0.4, 0.5) is 11.6 Å². The molecule has 0 aliphatic heterocycles. The number of aromatic amines is 1. The van der Waals surface area contributed by atoms with Gasteiger partial charge in [-0.3, -0.25) is 5.10 Å². The van der Waals surface area contributed by atoms with E-state index in [2.05, 4.69) is 30.6 Å². The number of anilines is 2. The van der Waals surface area contributed by atoms with Gasteiger partial charge in [0.2, 0.25) is 0 Å². The van der Waals surface area contributed by atoms with Crippen molar-refractivity contribution in [3.63, 3.8) is 0 Å². The minimum atomic E-state index is 0.623. The predicted octanol–water partition coefficient (Wildman–Crippen LogP) is 4.37. The number of rotatable bonds is 4. The van der Waals surface area contributed by atoms with Gasteiger partial charge in [-0.05, 0) is 26.3 Å². The molecule has 0 atom stereocenters. The molecular weight excluding hydrogens is 362 g/mol. The molecule has 0 amide bonds. The Bertz CT molecular complexity index is 1100. The molecule has 136 valence electrons. The van der Waals surface area contributed by atoms with Crippen LogP contribution in [0.3, 0.4) is 0 Å². The lowest BCUT2D eigenvalue weighted by atomic mass is 10.1. The topological polar surface area (TPSA) is 84.3 Å². The molecule has 8 heteroatoms. The van der Waals surface area contributed by atoms with Crippen LogP contribution >= 0.6 is 11.6 Å². The minimum Gasteiger partial charge on any atom is -0.323 e. The molecule has 7 nitrogen and oxygen atoms in total. The van der Waals surface area contributed by atoms with Gasteiger partial charge in [-0.1, -0.05) is 41.9 Å². The van der Waals surface area contributed by atoms with Crippen LogP contribution in [0.25, 0.3) is 17.1 Å². The number of benzene rings is 1. The number of nitrogens with zero attached hydrogens (tertiary/aromatic N) is 5. The van der Waals surface area contributed by atoms with E-state index in [1.54, 1.807) is 4.68 Å². The summed E-state index contributed by atoms with van der Waals surface area (Å²) in [7, 11) is 0. The number of hydrogen-bond acceptors (Lipinski definition) is 5. The van der Waals surface area contributed by atoms with Gasteiger partial charge in [0.15, 0.2) is 11.6 Å². The van der Waals surface area contributed by atoms with E-state index in [1.165, 1.54) is 6.33 Å². The van der Waals surface area contributed by atoms with E-state index in [9.17, 15) is 0 Å². The Morgan fingerprint density at radius 3 is 2.56 bits per heavy atom. The summed E-state index contributed by atoms with van der Waals surface area (Å²) in [4.78, 5) is 8.60. The Balaban J connectivity index is 1.65. The van der Waals surface area contributed by atoms with Crippen LogP contribution in [-0.4, -0.2) is 29.9 Å². The fourth-order valence-corrected chi connectivity index (χ4v) is 3.02. The fraction of sp³-hybridized carbons (Fsp3) is 0.158. The molecule has 1 aromatic carbocycles. The number of H-pyrrole nitrogens is 1. The molecule has 3 aromatic heterocycles. The lowest BCUT2D eigenvalue weighted by molar-refractivity contribution is 0.801. The van der Waals surface area contributed by atoms with Gasteiger partial charge in [-0.25, -0.2) is 14.6 Å². The maximum atomic E-state index is 6.24. The van der Waals surface area contributed by atoms with E-state index in [0.717, 1.165) is 28.2 Å². The maximum absolute atomic E-state index is 6.24. The van der Waals surface area contributed by atoms with Crippen LogP contribution in [0, 0.1) is 20.8 Å². The monoisotopic (exact) mass is 379 g/mol. The van der Waals surface area contributed by atoms with Crippen LogP contribution in [0.2, 0.25) is 5.02 Å². The van der Waals surface area contributed by atoms with Gasteiger partial charge in [-0.15, -0.1) is 0 Å². The van der Waals surface area contributed by atoms with Gasteiger partial charge in [0, 0.05) is 11.6 Å². The highest BCUT2D eigenvalue weighted by Gasteiger charge is 2.14. The summed E-state index contributed by atoms with van der Waals surface area (Å²) in [6.45, 7) is 5.78. The van der Waals surface area contributed by atoms with Crippen LogP contribution in [0.1, 0.15) is 17.0 Å². The zero-order chi connectivity index (χ0) is 19.0. The van der Waals surface area contributed by atoms with Crippen molar-refractivity contribution in [1.82, 2.24) is 29.9 Å². The summed E-state index contributed by atoms with van der Waals surface area (Å²) in [5.41, 5.74) is 4.66. The van der Waals surface area contributed by atoms with Gasteiger partial charge in [0.1, 0.15) is 12.1 Å². The third-order valence-electron chi connectivity index (χ3n) is 4.39. The van der Waals surface area contributed by atoms with E-state index in [1.807, 2.05) is 57.2 Å². The highest BCUT2D eigenvalue weighted by Crippen LogP contribution is 2.28. The highest BCUT2D eigenvalue weighted by molar-refractivity contribution is 6.31. The van der Waals surface area contributed by atoms with Crippen molar-refractivity contribution in [1.29, 1.82) is 0 Å². The van der Waals surface area contributed by atoms with Gasteiger partial charge < -0.3 is 5.32 Å². The van der Waals surface area contributed by atoms with E-state index in [0.29, 0.717) is 22.5 Å². The Kier molecular flexibility index (Phi) is 4.37. The number of aromatic nitrogens is 6. The van der Waals surface area contributed by atoms with Crippen molar-refractivity contribution < 1.29 is 0 Å². The van der Waals surface area contributed by atoms with Crippen LogP contribution in [0.5, 0.6) is 0 Å². The van der Waals surface area contributed by atoms with Gasteiger partial charge >= 0.3 is 0 Å². The molecule has 0 aliphatic rings. The normalized spacial score (nSPS) is 11.0. The van der Waals surface area contributed by atoms with E-state index >= 15 is 0 Å². The third-order valence-corrected chi connectivity index (χ3v) is 4.94. The van der Waals surface area contributed by atoms with E-state index in [4.69, 9.17) is 11.6 Å². The fourth-order valence-electron chi connectivity index (χ4n) is 2.90. The van der Waals surface area contributed by atoms with Gasteiger partial charge in [0.05, 0.1) is 22.1 Å². The summed E-state index contributed by atoms with van der Waals surface area (Å²) < 4.78 is 1.71. The van der Waals surface area contributed by atoms with E-state index in [-0.39, 0.29) is 0 Å². The van der Waals surface area contributed by atoms with Crippen molar-refractivity contribution in [2.75, 3.05) is 5.32 Å². The zero-order valence-electron chi connectivity index (χ0n) is 15.2. The first-order valence-corrected chi connectivity index (χ1v) is 8.84. The highest BCUT2D eigenvalue weighted by atomic mass is 35.5. The standard InChI is InChI=1S/C19H18ClN7/c1-11-18(14-7-5-4-6-8-14)24-25-19(11)23-15-9-16(22-10-21-15)27-13(3)17(20)12(2)26-27/h4-10H,1-3H3,(H2,21,22,23,24,25). The molecule has 4 aromatic rings. The molecule has 0 spiro atoms. The third kappa shape index (κ3) is 3.17. The van der Waals surface area contributed by atoms with Crippen LogP contribution in [-0.2, 0) is 0 Å². The molecule has 0 radical (unpaired) electrons. The van der Waals surface area contributed by atoms with Gasteiger partial charge in [0.25, 0.3) is 0 Å². The first kappa shape index (κ1) is 17.2. The molecule has 4 rings (SSSR count). The molecule has 0 bridgehead atoms. The van der Waals surface area contributed by atoms with Crippen molar-refractivity contribution in [3.05, 3.63) is 64.7 Å². The molecule has 27 heavy (non-hydrogen) atoms. The Morgan fingerprint density at radius 2 is 1.85 bits per heavy atom. The summed E-state index contributed by atoms with van der Waals surface area (Å²) in [6.07, 6.45) is 1.49. The Hall–Kier alpha value is -3.19. The predicted molar refractivity (Wildman–Crippen MR) is 106 cm³/mol. The second-order valence-electron chi connectivity index (χ2n) is 6.22. The average Bonchev–Trinajstić information content (AvgIpc) is 3.17. The van der Waals surface area contributed by atoms with Crippen LogP contribution in [0.15, 0.2) is 42.7 Å². The first-order valence-electron chi connectivity index (χ1n) is 8.46. The quantitative estimate of drug-likeness (QED) is 0.549. The first-order chi connectivity index (χ1) is 13.0. The molecule has 0 fully saturated rings. The van der Waals surface area contributed by atoms with E-state index < -0.39 is 0 Å². The maximum Gasteiger partial charge on any atom is 0.159 e. The van der Waals surface area contributed by atoms with Crippen molar-refractivity contribution >= 4 is 23.2 Å². The second-order valence-corrected chi connectivity index (χ2v) is 6.60. The smallest absolute Gasteiger partial charge is 0.159 e. The zero-order valence-corrected chi connectivity index (χ0v) is 15.9. The van der Waals surface area contributed by atoms with Crippen LogP contribution < -0.4 is 5.32 Å². The molecule has 0 unspecified atom stereocenters. The molecule has 3 heterocycles.